The Bertz CT molecular complexity index is 1670. The first-order valence-corrected chi connectivity index (χ1v) is 19.7. The van der Waals surface area contributed by atoms with Gasteiger partial charge in [-0.2, -0.15) is 4.98 Å². The number of anilines is 4. The Morgan fingerprint density at radius 2 is 1.75 bits per heavy atom. The maximum atomic E-state index is 13.4. The molecule has 2 fully saturated rings. The molecule has 302 valence electrons. The zero-order chi connectivity index (χ0) is 39.9. The number of likely N-dealkylation sites (N-methyl/N-ethyl adjacent to an activating group) is 1. The molecule has 15 nitrogen and oxygen atoms in total. The van der Waals surface area contributed by atoms with Gasteiger partial charge in [0.2, 0.25) is 11.9 Å². The minimum absolute atomic E-state index is 0.00940. The summed E-state index contributed by atoms with van der Waals surface area (Å²) in [6.07, 6.45) is 8.75. The number of carbonyl (C=O) groups excluding carboxylic acids is 4. The van der Waals surface area contributed by atoms with Crippen molar-refractivity contribution in [2.45, 2.75) is 122 Å². The van der Waals surface area contributed by atoms with E-state index in [2.05, 4.69) is 30.7 Å². The van der Waals surface area contributed by atoms with Gasteiger partial charge in [0.15, 0.2) is 5.82 Å². The van der Waals surface area contributed by atoms with Gasteiger partial charge >= 0.3 is 12.1 Å². The molecule has 1 saturated heterocycles. The third kappa shape index (κ3) is 10.2. The van der Waals surface area contributed by atoms with E-state index in [-0.39, 0.29) is 35.9 Å². The molecule has 3 atom stereocenters. The highest BCUT2D eigenvalue weighted by molar-refractivity contribution is 6.04. The van der Waals surface area contributed by atoms with Crippen molar-refractivity contribution in [2.75, 3.05) is 56.0 Å². The molecule has 0 radical (unpaired) electrons. The number of likely N-dealkylation sites (tertiary alicyclic amines) is 1. The third-order valence-corrected chi connectivity index (χ3v) is 10.9. The summed E-state index contributed by atoms with van der Waals surface area (Å²) in [6, 6.07) is 4.81. The fraction of sp³-hybridized carbons (Fsp3) is 0.650. The van der Waals surface area contributed by atoms with Crippen LogP contribution in [0.3, 0.4) is 0 Å². The quantitative estimate of drug-likeness (QED) is 0.210. The molecule has 5 rings (SSSR count). The van der Waals surface area contributed by atoms with Crippen molar-refractivity contribution < 1.29 is 33.4 Å². The molecule has 1 aromatic heterocycles. The van der Waals surface area contributed by atoms with Gasteiger partial charge in [-0.1, -0.05) is 26.7 Å². The lowest BCUT2D eigenvalue weighted by Gasteiger charge is -2.43. The number of fused-ring (bicyclic) bond motifs is 1. The minimum Gasteiger partial charge on any atom is -0.495 e. The van der Waals surface area contributed by atoms with Crippen LogP contribution in [0, 0.1) is 5.92 Å². The zero-order valence-corrected chi connectivity index (χ0v) is 33.8. The fourth-order valence-electron chi connectivity index (χ4n) is 7.97. The van der Waals surface area contributed by atoms with E-state index >= 15 is 0 Å². The van der Waals surface area contributed by atoms with Gasteiger partial charge in [-0.15, -0.1) is 0 Å². The average Bonchev–Trinajstić information content (AvgIpc) is 3.70. The first kappa shape index (κ1) is 41.5. The lowest BCUT2D eigenvalue weighted by molar-refractivity contribution is -0.147. The number of nitrogens with one attached hydrogen (secondary N) is 3. The van der Waals surface area contributed by atoms with Crippen LogP contribution in [0.5, 0.6) is 5.75 Å². The lowest BCUT2D eigenvalue weighted by Crippen LogP contribution is -2.55. The monoisotopic (exact) mass is 764 g/mol. The topological polar surface area (TPSA) is 168 Å². The predicted octanol–water partition coefficient (Wildman–Crippen LogP) is 5.41. The molecule has 1 aromatic carbocycles. The van der Waals surface area contributed by atoms with Crippen molar-refractivity contribution in [3.05, 3.63) is 30.0 Å². The summed E-state index contributed by atoms with van der Waals surface area (Å²) < 4.78 is 16.2. The number of nitrogens with zero attached hydrogens (tertiary/aromatic N) is 5. The Kier molecular flexibility index (Phi) is 13.8. The van der Waals surface area contributed by atoms with Crippen molar-refractivity contribution in [3.63, 3.8) is 0 Å². The molecule has 0 spiro atoms. The highest BCUT2D eigenvalue weighted by atomic mass is 16.6. The maximum absolute atomic E-state index is 13.4. The number of rotatable bonds is 14. The number of amides is 3. The molecule has 3 aliphatic rings. The normalized spacial score (nSPS) is 19.3. The summed E-state index contributed by atoms with van der Waals surface area (Å²) in [5, 5.41) is 9.33. The summed E-state index contributed by atoms with van der Waals surface area (Å²) in [5.74, 6) is 0.599. The minimum atomic E-state index is -0.647. The smallest absolute Gasteiger partial charge is 0.407 e. The first-order valence-electron chi connectivity index (χ1n) is 19.7. The van der Waals surface area contributed by atoms with Crippen LogP contribution < -0.4 is 30.5 Å². The molecule has 3 unspecified atom stereocenters. The predicted molar refractivity (Wildman–Crippen MR) is 211 cm³/mol. The van der Waals surface area contributed by atoms with Crippen LogP contribution in [-0.2, 0) is 19.1 Å². The Morgan fingerprint density at radius 3 is 2.36 bits per heavy atom. The highest BCUT2D eigenvalue weighted by Crippen LogP contribution is 2.40. The van der Waals surface area contributed by atoms with Crippen LogP contribution >= 0.6 is 0 Å². The second-order valence-electron chi connectivity index (χ2n) is 15.8. The number of hydrogen-bond donors (Lipinski definition) is 3. The molecule has 3 N–H and O–H groups in total. The van der Waals surface area contributed by atoms with Gasteiger partial charge < -0.3 is 44.9 Å². The number of hydrogen-bond acceptors (Lipinski definition) is 12. The van der Waals surface area contributed by atoms with Gasteiger partial charge in [-0.3, -0.25) is 14.4 Å². The number of aromatic nitrogens is 2. The second kappa shape index (κ2) is 18.3. The maximum Gasteiger partial charge on any atom is 0.407 e. The Labute approximate surface area is 325 Å². The molecular formula is C40H60N8O7. The van der Waals surface area contributed by atoms with Crippen LogP contribution in [-0.4, -0.2) is 109 Å². The summed E-state index contributed by atoms with van der Waals surface area (Å²) >= 11 is 0. The van der Waals surface area contributed by atoms with E-state index in [0.29, 0.717) is 54.4 Å². The Morgan fingerprint density at radius 1 is 1.04 bits per heavy atom. The van der Waals surface area contributed by atoms with Crippen molar-refractivity contribution in [1.82, 2.24) is 25.5 Å². The van der Waals surface area contributed by atoms with Gasteiger partial charge in [0, 0.05) is 43.8 Å². The van der Waals surface area contributed by atoms with Crippen LogP contribution in [0.2, 0.25) is 0 Å². The average molecular weight is 765 g/mol. The van der Waals surface area contributed by atoms with Crippen molar-refractivity contribution in [3.8, 4) is 5.75 Å². The summed E-state index contributed by atoms with van der Waals surface area (Å²) in [6.45, 7) is 11.5. The number of benzene rings is 1. The van der Waals surface area contributed by atoms with Crippen molar-refractivity contribution in [2.24, 2.45) is 5.92 Å². The van der Waals surface area contributed by atoms with E-state index in [0.717, 1.165) is 57.4 Å². The van der Waals surface area contributed by atoms with Crippen molar-refractivity contribution in [1.29, 1.82) is 0 Å². The van der Waals surface area contributed by atoms with E-state index in [4.69, 9.17) is 19.2 Å². The first-order chi connectivity index (χ1) is 26.3. The SMILES string of the molecule is CCC(NC(=O)OC(C)(C)C)C(CCN1CCC(NC(=O)c2ccc(Nc3ncc4c(n3)N(C3CCCC3)C(CC)C(=O)N4C)c(OC)c2)CC1)C(=O)OC. The van der Waals surface area contributed by atoms with Gasteiger partial charge in [-0.25, -0.2) is 9.78 Å². The number of carbonyl (C=O) groups is 4. The van der Waals surface area contributed by atoms with Gasteiger partial charge in [-0.05, 0) is 90.5 Å². The number of alkyl carbamates (subject to hydrolysis) is 1. The van der Waals surface area contributed by atoms with E-state index in [1.807, 2.05) is 13.8 Å². The van der Waals surface area contributed by atoms with Crippen LogP contribution in [0.25, 0.3) is 0 Å². The molecule has 3 amide bonds. The van der Waals surface area contributed by atoms with E-state index in [9.17, 15) is 19.2 Å². The van der Waals surface area contributed by atoms with E-state index in [1.165, 1.54) is 7.11 Å². The van der Waals surface area contributed by atoms with E-state index < -0.39 is 23.7 Å². The third-order valence-electron chi connectivity index (χ3n) is 10.9. The summed E-state index contributed by atoms with van der Waals surface area (Å²) in [7, 11) is 4.70. The van der Waals surface area contributed by atoms with E-state index in [1.54, 1.807) is 64.2 Å². The van der Waals surface area contributed by atoms with Crippen molar-refractivity contribution >= 4 is 47.0 Å². The molecule has 0 bridgehead atoms. The highest BCUT2D eigenvalue weighted by Gasteiger charge is 2.41. The van der Waals surface area contributed by atoms with Crippen LogP contribution in [0.15, 0.2) is 24.4 Å². The standard InChI is InChI=1S/C40H60N8O7/c1-9-29(44-39(52)55-40(3,4)5)28(37(51)54-8)19-22-47-20-17-26(18-21-47)42-35(49)25-15-16-30(33(23-25)53-7)43-38-41-24-32-34(45-38)48(27-13-11-12-14-27)31(10-2)36(50)46(32)6/h15-16,23-24,26-29,31H,9-14,17-22H2,1-8H3,(H,42,49)(H,44,52)(H,41,43,45). The summed E-state index contributed by atoms with van der Waals surface area (Å²) in [4.78, 5) is 67.5. The molecule has 2 aliphatic heterocycles. The molecular weight excluding hydrogens is 704 g/mol. The fourth-order valence-corrected chi connectivity index (χ4v) is 7.97. The molecule has 55 heavy (non-hydrogen) atoms. The number of piperidine rings is 1. The molecule has 3 heterocycles. The van der Waals surface area contributed by atoms with Crippen LogP contribution in [0.4, 0.5) is 27.9 Å². The molecule has 1 saturated carbocycles. The Balaban J connectivity index is 1.17. The molecule has 2 aromatic rings. The number of ether oxygens (including phenoxy) is 3. The second-order valence-corrected chi connectivity index (χ2v) is 15.8. The molecule has 15 heteroatoms. The largest absolute Gasteiger partial charge is 0.495 e. The van der Waals surface area contributed by atoms with Gasteiger partial charge in [0.05, 0.1) is 32.0 Å². The van der Waals surface area contributed by atoms with Gasteiger partial charge in [0.1, 0.15) is 23.1 Å². The van der Waals surface area contributed by atoms with Gasteiger partial charge in [0.25, 0.3) is 5.91 Å². The molecule has 1 aliphatic carbocycles. The van der Waals surface area contributed by atoms with Crippen LogP contribution in [0.1, 0.15) is 103 Å². The Hall–Kier alpha value is -4.66. The number of esters is 1. The summed E-state index contributed by atoms with van der Waals surface area (Å²) in [5.41, 5.74) is 1.13. The lowest BCUT2D eigenvalue weighted by atomic mass is 9.93. The zero-order valence-electron chi connectivity index (χ0n) is 33.8. The number of methoxy groups -OCH3 is 2.